The summed E-state index contributed by atoms with van der Waals surface area (Å²) in [5.74, 6) is 5.76. The highest BCUT2D eigenvalue weighted by Gasteiger charge is 2.34. The zero-order valence-electron chi connectivity index (χ0n) is 16.9. The molecule has 10 heteroatoms. The molecule has 158 valence electrons. The number of imidazole rings is 1. The van der Waals surface area contributed by atoms with Crippen molar-refractivity contribution in [2.24, 2.45) is 0 Å². The van der Waals surface area contributed by atoms with Gasteiger partial charge in [0, 0.05) is 25.3 Å². The SMILES string of the molecule is CN(C(=O)OCC#Cc1nc2c([nH]1)c(=O)n(C1CC1)c(=O)n2C1CC1)c1cccnc1. The number of hydrogen-bond donors (Lipinski definition) is 1. The monoisotopic (exact) mass is 420 g/mol. The average molecular weight is 420 g/mol. The number of hydrogen-bond acceptors (Lipinski definition) is 6. The van der Waals surface area contributed by atoms with Crippen LogP contribution in [-0.2, 0) is 4.74 Å². The van der Waals surface area contributed by atoms with Crippen LogP contribution in [0.3, 0.4) is 0 Å². The Labute approximate surface area is 176 Å². The van der Waals surface area contributed by atoms with Crippen molar-refractivity contribution < 1.29 is 9.53 Å². The van der Waals surface area contributed by atoms with Crippen LogP contribution in [0.5, 0.6) is 0 Å². The number of nitrogens with zero attached hydrogens (tertiary/aromatic N) is 5. The molecule has 31 heavy (non-hydrogen) atoms. The molecule has 2 saturated carbocycles. The van der Waals surface area contributed by atoms with Gasteiger partial charge in [0.1, 0.15) is 0 Å². The van der Waals surface area contributed by atoms with Crippen LogP contribution in [0.2, 0.25) is 0 Å². The lowest BCUT2D eigenvalue weighted by Crippen LogP contribution is -2.39. The Bertz CT molecular complexity index is 1340. The molecule has 10 nitrogen and oxygen atoms in total. The van der Waals surface area contributed by atoms with E-state index in [1.807, 2.05) is 0 Å². The topological polar surface area (TPSA) is 115 Å². The Balaban J connectivity index is 1.36. The summed E-state index contributed by atoms with van der Waals surface area (Å²) in [7, 11) is 1.58. The summed E-state index contributed by atoms with van der Waals surface area (Å²) >= 11 is 0. The summed E-state index contributed by atoms with van der Waals surface area (Å²) in [5, 5.41) is 0. The average Bonchev–Trinajstić information content (AvgIpc) is 3.70. The van der Waals surface area contributed by atoms with Crippen LogP contribution in [0, 0.1) is 11.8 Å². The van der Waals surface area contributed by atoms with Crippen molar-refractivity contribution in [2.75, 3.05) is 18.6 Å². The van der Waals surface area contributed by atoms with Crippen LogP contribution in [-0.4, -0.2) is 43.8 Å². The minimum absolute atomic E-state index is 0.0246. The summed E-state index contributed by atoms with van der Waals surface area (Å²) < 4.78 is 8.10. The number of fused-ring (bicyclic) bond motifs is 1. The molecule has 2 aliphatic carbocycles. The van der Waals surface area contributed by atoms with Gasteiger partial charge in [0.2, 0.25) is 0 Å². The van der Waals surface area contributed by atoms with E-state index < -0.39 is 6.09 Å². The largest absolute Gasteiger partial charge is 0.436 e. The molecule has 5 rings (SSSR count). The predicted molar refractivity (Wildman–Crippen MR) is 112 cm³/mol. The molecule has 0 bridgehead atoms. The van der Waals surface area contributed by atoms with E-state index in [1.54, 1.807) is 36.1 Å². The molecule has 0 saturated heterocycles. The molecule has 0 atom stereocenters. The van der Waals surface area contributed by atoms with Gasteiger partial charge in [-0.15, -0.1) is 0 Å². The molecule has 0 aromatic carbocycles. The van der Waals surface area contributed by atoms with Gasteiger partial charge in [-0.25, -0.2) is 14.6 Å². The smallest absolute Gasteiger partial charge is 0.415 e. The first-order valence-electron chi connectivity index (χ1n) is 10.1. The lowest BCUT2D eigenvalue weighted by Gasteiger charge is -2.15. The van der Waals surface area contributed by atoms with Crippen LogP contribution >= 0.6 is 0 Å². The van der Waals surface area contributed by atoms with E-state index in [0.717, 1.165) is 25.7 Å². The molecule has 0 aliphatic heterocycles. The highest BCUT2D eigenvalue weighted by molar-refractivity contribution is 5.86. The van der Waals surface area contributed by atoms with Crippen LogP contribution < -0.4 is 16.1 Å². The zero-order valence-corrected chi connectivity index (χ0v) is 16.9. The number of anilines is 1. The minimum Gasteiger partial charge on any atom is -0.436 e. The number of H-pyrrole nitrogens is 1. The second-order valence-corrected chi connectivity index (χ2v) is 7.70. The highest BCUT2D eigenvalue weighted by Crippen LogP contribution is 2.36. The van der Waals surface area contributed by atoms with Crippen molar-refractivity contribution in [2.45, 2.75) is 37.8 Å². The van der Waals surface area contributed by atoms with E-state index in [1.165, 1.54) is 9.47 Å². The maximum atomic E-state index is 12.9. The molecule has 2 fully saturated rings. The maximum absolute atomic E-state index is 12.9. The molecule has 0 unspecified atom stereocenters. The third-order valence-corrected chi connectivity index (χ3v) is 5.36. The molecule has 1 N–H and O–H groups in total. The van der Waals surface area contributed by atoms with Crippen LogP contribution in [0.1, 0.15) is 43.6 Å². The van der Waals surface area contributed by atoms with E-state index in [4.69, 9.17) is 4.74 Å². The number of nitrogens with one attached hydrogen (secondary N) is 1. The summed E-state index contributed by atoms with van der Waals surface area (Å²) in [6.45, 7) is -0.151. The van der Waals surface area contributed by atoms with Crippen LogP contribution in [0.25, 0.3) is 11.2 Å². The quantitative estimate of drug-likeness (QED) is 0.641. The van der Waals surface area contributed by atoms with Crippen LogP contribution in [0.15, 0.2) is 34.1 Å². The molecular weight excluding hydrogens is 400 g/mol. The number of carbonyl (C=O) groups is 1. The Kier molecular flexibility index (Phi) is 4.58. The summed E-state index contributed by atoms with van der Waals surface area (Å²) in [6, 6.07) is 3.51. The van der Waals surface area contributed by atoms with Gasteiger partial charge in [-0.1, -0.05) is 5.92 Å². The summed E-state index contributed by atoms with van der Waals surface area (Å²) in [6.07, 6.45) is 6.06. The predicted octanol–water partition coefficient (Wildman–Crippen LogP) is 1.58. The number of amides is 1. The summed E-state index contributed by atoms with van der Waals surface area (Å²) in [5.41, 5.74) is 0.580. The second kappa shape index (κ2) is 7.43. The van der Waals surface area contributed by atoms with Gasteiger partial charge in [-0.3, -0.25) is 23.8 Å². The van der Waals surface area contributed by atoms with Crippen molar-refractivity contribution in [1.82, 2.24) is 24.1 Å². The number of ether oxygens (including phenoxy) is 1. The summed E-state index contributed by atoms with van der Waals surface area (Å²) in [4.78, 5) is 50.4. The minimum atomic E-state index is -0.568. The number of aromatic nitrogens is 5. The number of carbonyl (C=O) groups excluding carboxylic acids is 1. The van der Waals surface area contributed by atoms with Crippen molar-refractivity contribution >= 4 is 22.9 Å². The Morgan fingerprint density at radius 2 is 2.00 bits per heavy atom. The van der Waals surface area contributed by atoms with Gasteiger partial charge in [0.05, 0.1) is 11.9 Å². The van der Waals surface area contributed by atoms with Gasteiger partial charge in [-0.05, 0) is 43.7 Å². The maximum Gasteiger partial charge on any atom is 0.415 e. The molecular formula is C21H20N6O4. The first-order valence-corrected chi connectivity index (χ1v) is 10.1. The Morgan fingerprint density at radius 1 is 1.26 bits per heavy atom. The second-order valence-electron chi connectivity index (χ2n) is 7.70. The molecule has 0 radical (unpaired) electrons. The first kappa shape index (κ1) is 19.1. The third-order valence-electron chi connectivity index (χ3n) is 5.36. The van der Waals surface area contributed by atoms with Gasteiger partial charge in [0.15, 0.2) is 23.6 Å². The van der Waals surface area contributed by atoms with Gasteiger partial charge in [0.25, 0.3) is 5.56 Å². The molecule has 3 heterocycles. The highest BCUT2D eigenvalue weighted by atomic mass is 16.6. The van der Waals surface area contributed by atoms with E-state index in [2.05, 4.69) is 26.8 Å². The Hall–Kier alpha value is -3.87. The molecule has 3 aromatic rings. The van der Waals surface area contributed by atoms with E-state index in [9.17, 15) is 14.4 Å². The molecule has 2 aliphatic rings. The van der Waals surface area contributed by atoms with Crippen molar-refractivity contribution in [1.29, 1.82) is 0 Å². The van der Waals surface area contributed by atoms with E-state index in [-0.39, 0.29) is 41.3 Å². The zero-order chi connectivity index (χ0) is 21.5. The normalized spacial score (nSPS) is 15.4. The van der Waals surface area contributed by atoms with Crippen molar-refractivity contribution in [3.05, 3.63) is 51.2 Å². The van der Waals surface area contributed by atoms with Gasteiger partial charge < -0.3 is 9.72 Å². The lowest BCUT2D eigenvalue weighted by molar-refractivity contribution is 0.169. The number of aromatic amines is 1. The Morgan fingerprint density at radius 3 is 2.68 bits per heavy atom. The molecule has 0 spiro atoms. The molecule has 1 amide bonds. The fourth-order valence-corrected chi connectivity index (χ4v) is 3.45. The fourth-order valence-electron chi connectivity index (χ4n) is 3.45. The third kappa shape index (κ3) is 3.59. The van der Waals surface area contributed by atoms with Gasteiger partial charge >= 0.3 is 11.8 Å². The van der Waals surface area contributed by atoms with Gasteiger partial charge in [-0.2, -0.15) is 0 Å². The van der Waals surface area contributed by atoms with Crippen molar-refractivity contribution in [3.63, 3.8) is 0 Å². The van der Waals surface area contributed by atoms with Crippen molar-refractivity contribution in [3.8, 4) is 11.8 Å². The van der Waals surface area contributed by atoms with E-state index in [0.29, 0.717) is 11.3 Å². The fraction of sp³-hybridized carbons (Fsp3) is 0.381. The lowest BCUT2D eigenvalue weighted by atomic mass is 10.4. The molecule has 3 aromatic heterocycles. The van der Waals surface area contributed by atoms with Crippen LogP contribution in [0.4, 0.5) is 10.5 Å². The number of rotatable bonds is 4. The standard InChI is InChI=1S/C21H20N6O4/c1-25(15-4-2-10-22-12-15)21(30)31-11-3-5-16-23-17-18(24-16)26(13-6-7-13)20(29)27(19(17)28)14-8-9-14/h2,4,10,12-14H,6-9,11H2,1H3,(H,23,24). The van der Waals surface area contributed by atoms with E-state index >= 15 is 0 Å². The first-order chi connectivity index (χ1) is 15.0. The number of pyridine rings is 1.